The second-order valence-electron chi connectivity index (χ2n) is 6.71. The van der Waals surface area contributed by atoms with Gasteiger partial charge in [-0.1, -0.05) is 29.8 Å². The van der Waals surface area contributed by atoms with E-state index in [4.69, 9.17) is 4.74 Å². The van der Waals surface area contributed by atoms with Crippen LogP contribution in [0, 0.1) is 13.8 Å². The van der Waals surface area contributed by atoms with Crippen LogP contribution < -0.4 is 15.0 Å². The first-order chi connectivity index (χ1) is 12.6. The Bertz CT molecular complexity index is 722. The molecule has 1 saturated heterocycles. The summed E-state index contributed by atoms with van der Waals surface area (Å²) in [5.41, 5.74) is 3.70. The van der Waals surface area contributed by atoms with Crippen LogP contribution >= 0.6 is 0 Å². The van der Waals surface area contributed by atoms with Gasteiger partial charge in [-0.25, -0.2) is 4.79 Å². The van der Waals surface area contributed by atoms with Gasteiger partial charge in [0, 0.05) is 31.9 Å². The minimum absolute atomic E-state index is 0.0126. The van der Waals surface area contributed by atoms with Crippen LogP contribution in [0.5, 0.6) is 5.75 Å². The van der Waals surface area contributed by atoms with E-state index in [1.807, 2.05) is 36.1 Å². The van der Waals surface area contributed by atoms with Gasteiger partial charge in [0.25, 0.3) is 0 Å². The molecule has 1 heterocycles. The standard InChI is InChI=1S/C21H27N3O2/c1-17-6-8-20(9-7-17)26-15-10-22-21(25)24-13-11-23(12-14-24)19-5-3-4-18(2)16-19/h3-9,16H,10-15H2,1-2H3,(H,22,25). The summed E-state index contributed by atoms with van der Waals surface area (Å²) in [6.45, 7) is 8.31. The Balaban J connectivity index is 1.37. The molecule has 26 heavy (non-hydrogen) atoms. The molecule has 1 aliphatic heterocycles. The van der Waals surface area contributed by atoms with Gasteiger partial charge in [-0.15, -0.1) is 0 Å². The molecule has 0 aliphatic carbocycles. The largest absolute Gasteiger partial charge is 0.492 e. The molecule has 0 bridgehead atoms. The van der Waals surface area contributed by atoms with E-state index in [0.717, 1.165) is 31.9 Å². The Hall–Kier alpha value is -2.69. The number of amides is 2. The molecule has 3 rings (SSSR count). The Morgan fingerprint density at radius 1 is 1.00 bits per heavy atom. The summed E-state index contributed by atoms with van der Waals surface area (Å²) in [6.07, 6.45) is 0. The topological polar surface area (TPSA) is 44.8 Å². The van der Waals surface area contributed by atoms with Crippen molar-refractivity contribution in [3.05, 3.63) is 59.7 Å². The van der Waals surface area contributed by atoms with Crippen molar-refractivity contribution in [3.8, 4) is 5.75 Å². The third kappa shape index (κ3) is 4.91. The molecule has 2 amide bonds. The molecule has 1 N–H and O–H groups in total. The minimum Gasteiger partial charge on any atom is -0.492 e. The van der Waals surface area contributed by atoms with Crippen molar-refractivity contribution < 1.29 is 9.53 Å². The number of carbonyl (C=O) groups excluding carboxylic acids is 1. The zero-order valence-corrected chi connectivity index (χ0v) is 15.6. The van der Waals surface area contributed by atoms with Gasteiger partial charge < -0.3 is 19.9 Å². The van der Waals surface area contributed by atoms with Gasteiger partial charge in [-0.3, -0.25) is 0 Å². The number of piperazine rings is 1. The van der Waals surface area contributed by atoms with Crippen molar-refractivity contribution >= 4 is 11.7 Å². The highest BCUT2D eigenvalue weighted by molar-refractivity contribution is 5.74. The maximum atomic E-state index is 12.3. The van der Waals surface area contributed by atoms with Crippen molar-refractivity contribution in [1.82, 2.24) is 10.2 Å². The second kappa shape index (κ2) is 8.61. The summed E-state index contributed by atoms with van der Waals surface area (Å²) in [7, 11) is 0. The molecule has 138 valence electrons. The van der Waals surface area contributed by atoms with Gasteiger partial charge in [0.2, 0.25) is 0 Å². The number of carbonyl (C=O) groups is 1. The predicted molar refractivity (Wildman–Crippen MR) is 105 cm³/mol. The lowest BCUT2D eigenvalue weighted by Crippen LogP contribution is -2.52. The van der Waals surface area contributed by atoms with E-state index >= 15 is 0 Å². The summed E-state index contributed by atoms with van der Waals surface area (Å²) in [6, 6.07) is 16.4. The number of urea groups is 1. The molecule has 0 unspecified atom stereocenters. The SMILES string of the molecule is Cc1ccc(OCCNC(=O)N2CCN(c3cccc(C)c3)CC2)cc1. The zero-order chi connectivity index (χ0) is 18.4. The Morgan fingerprint density at radius 2 is 1.73 bits per heavy atom. The van der Waals surface area contributed by atoms with Gasteiger partial charge in [0.05, 0.1) is 6.54 Å². The summed E-state index contributed by atoms with van der Waals surface area (Å²) in [5, 5.41) is 2.94. The highest BCUT2D eigenvalue weighted by atomic mass is 16.5. The fourth-order valence-electron chi connectivity index (χ4n) is 3.07. The van der Waals surface area contributed by atoms with Crippen LogP contribution in [-0.4, -0.2) is 50.3 Å². The average molecular weight is 353 g/mol. The summed E-state index contributed by atoms with van der Waals surface area (Å²) in [5.74, 6) is 0.830. The summed E-state index contributed by atoms with van der Waals surface area (Å²) in [4.78, 5) is 16.5. The van der Waals surface area contributed by atoms with E-state index < -0.39 is 0 Å². The smallest absolute Gasteiger partial charge is 0.317 e. The summed E-state index contributed by atoms with van der Waals surface area (Å²) < 4.78 is 5.64. The number of nitrogens with zero attached hydrogens (tertiary/aromatic N) is 2. The van der Waals surface area contributed by atoms with Gasteiger partial charge in [-0.05, 0) is 43.7 Å². The molecule has 0 spiro atoms. The van der Waals surface area contributed by atoms with Gasteiger partial charge in [-0.2, -0.15) is 0 Å². The fraction of sp³-hybridized carbons (Fsp3) is 0.381. The normalized spacial score (nSPS) is 14.2. The molecule has 1 aliphatic rings. The van der Waals surface area contributed by atoms with Crippen LogP contribution in [0.25, 0.3) is 0 Å². The van der Waals surface area contributed by atoms with Crippen LogP contribution in [-0.2, 0) is 0 Å². The summed E-state index contributed by atoms with van der Waals surface area (Å²) >= 11 is 0. The molecule has 2 aromatic carbocycles. The Morgan fingerprint density at radius 3 is 2.42 bits per heavy atom. The van der Waals surface area contributed by atoms with Crippen LogP contribution in [0.2, 0.25) is 0 Å². The molecule has 2 aromatic rings. The monoisotopic (exact) mass is 353 g/mol. The minimum atomic E-state index is -0.0126. The highest BCUT2D eigenvalue weighted by Gasteiger charge is 2.20. The lowest BCUT2D eigenvalue weighted by molar-refractivity contribution is 0.191. The lowest BCUT2D eigenvalue weighted by Gasteiger charge is -2.36. The Labute approximate surface area is 155 Å². The number of aryl methyl sites for hydroxylation is 2. The number of nitrogens with one attached hydrogen (secondary N) is 1. The van der Waals surface area contributed by atoms with E-state index in [2.05, 4.69) is 41.4 Å². The Kier molecular flexibility index (Phi) is 6.00. The molecule has 0 atom stereocenters. The molecule has 1 fully saturated rings. The third-order valence-corrected chi connectivity index (χ3v) is 4.60. The number of ether oxygens (including phenoxy) is 1. The molecular formula is C21H27N3O2. The van der Waals surface area contributed by atoms with Crippen molar-refractivity contribution in [2.24, 2.45) is 0 Å². The maximum absolute atomic E-state index is 12.3. The number of benzene rings is 2. The van der Waals surface area contributed by atoms with E-state index in [1.54, 1.807) is 0 Å². The first-order valence-electron chi connectivity index (χ1n) is 9.16. The van der Waals surface area contributed by atoms with Crippen molar-refractivity contribution in [2.75, 3.05) is 44.2 Å². The van der Waals surface area contributed by atoms with Gasteiger partial charge in [0.1, 0.15) is 12.4 Å². The zero-order valence-electron chi connectivity index (χ0n) is 15.6. The maximum Gasteiger partial charge on any atom is 0.317 e. The quantitative estimate of drug-likeness (QED) is 0.840. The van der Waals surface area contributed by atoms with Gasteiger partial charge in [0.15, 0.2) is 0 Å². The number of anilines is 1. The molecule has 0 saturated carbocycles. The lowest BCUT2D eigenvalue weighted by atomic mass is 10.2. The van der Waals surface area contributed by atoms with Crippen LogP contribution in [0.15, 0.2) is 48.5 Å². The van der Waals surface area contributed by atoms with E-state index in [-0.39, 0.29) is 6.03 Å². The van der Waals surface area contributed by atoms with Crippen LogP contribution in [0.3, 0.4) is 0 Å². The van der Waals surface area contributed by atoms with Crippen molar-refractivity contribution in [2.45, 2.75) is 13.8 Å². The molecular weight excluding hydrogens is 326 g/mol. The first kappa shape index (κ1) is 18.1. The molecule has 0 aromatic heterocycles. The van der Waals surface area contributed by atoms with Crippen molar-refractivity contribution in [3.63, 3.8) is 0 Å². The predicted octanol–water partition coefficient (Wildman–Crippen LogP) is 3.21. The van der Waals surface area contributed by atoms with E-state index in [0.29, 0.717) is 13.2 Å². The number of hydrogen-bond donors (Lipinski definition) is 1. The molecule has 5 nitrogen and oxygen atoms in total. The first-order valence-corrected chi connectivity index (χ1v) is 9.16. The number of rotatable bonds is 5. The number of hydrogen-bond acceptors (Lipinski definition) is 3. The molecule has 5 heteroatoms. The fourth-order valence-corrected chi connectivity index (χ4v) is 3.07. The van der Waals surface area contributed by atoms with E-state index in [1.165, 1.54) is 16.8 Å². The molecule has 0 radical (unpaired) electrons. The average Bonchev–Trinajstić information content (AvgIpc) is 2.66. The van der Waals surface area contributed by atoms with E-state index in [9.17, 15) is 4.79 Å². The van der Waals surface area contributed by atoms with Crippen LogP contribution in [0.4, 0.5) is 10.5 Å². The van der Waals surface area contributed by atoms with Gasteiger partial charge >= 0.3 is 6.03 Å². The van der Waals surface area contributed by atoms with Crippen molar-refractivity contribution in [1.29, 1.82) is 0 Å². The highest BCUT2D eigenvalue weighted by Crippen LogP contribution is 2.17. The van der Waals surface area contributed by atoms with Crippen LogP contribution in [0.1, 0.15) is 11.1 Å². The third-order valence-electron chi connectivity index (χ3n) is 4.60. The second-order valence-corrected chi connectivity index (χ2v) is 6.71.